The van der Waals surface area contributed by atoms with Crippen molar-refractivity contribution >= 4 is 17.0 Å². The zero-order chi connectivity index (χ0) is 22.2. The summed E-state index contributed by atoms with van der Waals surface area (Å²) in [5.41, 5.74) is 0.357. The summed E-state index contributed by atoms with van der Waals surface area (Å²) < 4.78 is 51.2. The van der Waals surface area contributed by atoms with Gasteiger partial charge in [-0.15, -0.1) is 0 Å². The van der Waals surface area contributed by atoms with Crippen LogP contribution in [0.25, 0.3) is 11.1 Å². The summed E-state index contributed by atoms with van der Waals surface area (Å²) in [6.07, 6.45) is -3.04. The van der Waals surface area contributed by atoms with Crippen molar-refractivity contribution in [2.45, 2.75) is 38.3 Å². The summed E-state index contributed by atoms with van der Waals surface area (Å²) in [6.45, 7) is 2.34. The van der Waals surface area contributed by atoms with Crippen molar-refractivity contribution < 1.29 is 27.2 Å². The molecule has 1 amide bonds. The molecule has 0 radical (unpaired) electrons. The number of aryl methyl sites for hydroxylation is 1. The number of ether oxygens (including phenoxy) is 1. The fourth-order valence-corrected chi connectivity index (χ4v) is 4.06. The van der Waals surface area contributed by atoms with Crippen molar-refractivity contribution in [1.29, 1.82) is 0 Å². The molecule has 164 valence electrons. The standard InChI is InChI=1S/C22H22F3N3O3/c1-13-10-17(22(23,24)25)19-20(27-31-21(19)26-13)15-4-3-9-28(12-15)18(29)11-14-5-7-16(30-2)8-6-14/h5-8,10,15H,3-4,9,11-12H2,1-2H3/t15-/m0/s1. The zero-order valence-electron chi connectivity index (χ0n) is 17.2. The van der Waals surface area contributed by atoms with Crippen LogP contribution in [-0.2, 0) is 17.4 Å². The number of piperidine rings is 1. The van der Waals surface area contributed by atoms with Crippen molar-refractivity contribution in [3.05, 3.63) is 52.8 Å². The lowest BCUT2D eigenvalue weighted by Crippen LogP contribution is -2.40. The molecule has 3 aromatic rings. The van der Waals surface area contributed by atoms with Gasteiger partial charge in [0.1, 0.15) is 5.75 Å². The summed E-state index contributed by atoms with van der Waals surface area (Å²) in [5, 5.41) is 3.84. The molecule has 1 aliphatic heterocycles. The van der Waals surface area contributed by atoms with Crippen LogP contribution < -0.4 is 4.74 Å². The van der Waals surface area contributed by atoms with Crippen molar-refractivity contribution in [2.24, 2.45) is 0 Å². The molecule has 1 atom stereocenters. The summed E-state index contributed by atoms with van der Waals surface area (Å²) in [4.78, 5) is 18.6. The third kappa shape index (κ3) is 4.35. The Kier molecular flexibility index (Phi) is 5.60. The highest BCUT2D eigenvalue weighted by molar-refractivity contribution is 5.82. The van der Waals surface area contributed by atoms with Crippen molar-refractivity contribution in [3.8, 4) is 5.75 Å². The normalized spacial score (nSPS) is 17.2. The van der Waals surface area contributed by atoms with Gasteiger partial charge < -0.3 is 14.2 Å². The van der Waals surface area contributed by atoms with Crippen molar-refractivity contribution in [3.63, 3.8) is 0 Å². The molecule has 3 heterocycles. The number of alkyl halides is 3. The van der Waals surface area contributed by atoms with Gasteiger partial charge in [0.15, 0.2) is 0 Å². The van der Waals surface area contributed by atoms with Gasteiger partial charge in [0, 0.05) is 24.7 Å². The molecule has 0 bridgehead atoms. The zero-order valence-corrected chi connectivity index (χ0v) is 17.2. The number of halogens is 3. The number of hydrogen-bond donors (Lipinski definition) is 0. The van der Waals surface area contributed by atoms with Gasteiger partial charge in [0.2, 0.25) is 5.91 Å². The molecule has 1 saturated heterocycles. The Morgan fingerprint density at radius 2 is 2.03 bits per heavy atom. The first kappa shape index (κ1) is 21.1. The number of aromatic nitrogens is 2. The lowest BCUT2D eigenvalue weighted by Gasteiger charge is -2.32. The first-order chi connectivity index (χ1) is 14.8. The lowest BCUT2D eigenvalue weighted by molar-refractivity contribution is -0.136. The highest BCUT2D eigenvalue weighted by Gasteiger charge is 2.38. The second kappa shape index (κ2) is 8.20. The Hall–Kier alpha value is -3.10. The predicted octanol–water partition coefficient (Wildman–Crippen LogP) is 4.51. The summed E-state index contributed by atoms with van der Waals surface area (Å²) in [5.74, 6) is 0.282. The number of amides is 1. The van der Waals surface area contributed by atoms with E-state index in [1.807, 2.05) is 12.1 Å². The van der Waals surface area contributed by atoms with Crippen molar-refractivity contribution in [1.82, 2.24) is 15.0 Å². The van der Waals surface area contributed by atoms with E-state index in [9.17, 15) is 18.0 Å². The molecule has 0 unspecified atom stereocenters. The van der Waals surface area contributed by atoms with Gasteiger partial charge in [-0.3, -0.25) is 4.79 Å². The van der Waals surface area contributed by atoms with Gasteiger partial charge in [0.05, 0.1) is 30.2 Å². The SMILES string of the molecule is COc1ccc(CC(=O)N2CCC[C@H](c3noc4nc(C)cc(C(F)(F)F)c34)C2)cc1. The molecular formula is C22H22F3N3O3. The number of nitrogens with zero attached hydrogens (tertiary/aromatic N) is 3. The number of hydrogen-bond acceptors (Lipinski definition) is 5. The molecule has 0 aliphatic carbocycles. The monoisotopic (exact) mass is 433 g/mol. The maximum absolute atomic E-state index is 13.7. The van der Waals surface area contributed by atoms with E-state index in [0.717, 1.165) is 11.6 Å². The summed E-state index contributed by atoms with van der Waals surface area (Å²) >= 11 is 0. The molecule has 0 saturated carbocycles. The number of fused-ring (bicyclic) bond motifs is 1. The van der Waals surface area contributed by atoms with E-state index in [1.165, 1.54) is 6.92 Å². The molecule has 0 N–H and O–H groups in total. The molecule has 1 aliphatic rings. The van der Waals surface area contributed by atoms with Gasteiger partial charge in [-0.1, -0.05) is 17.3 Å². The Labute approximate surface area is 177 Å². The van der Waals surface area contributed by atoms with E-state index in [1.54, 1.807) is 24.1 Å². The largest absolute Gasteiger partial charge is 0.497 e. The maximum Gasteiger partial charge on any atom is 0.417 e. The Balaban J connectivity index is 1.57. The summed E-state index contributed by atoms with van der Waals surface area (Å²) in [6, 6.07) is 8.24. The van der Waals surface area contributed by atoms with Crippen LogP contribution in [0, 0.1) is 6.92 Å². The molecule has 0 spiro atoms. The first-order valence-corrected chi connectivity index (χ1v) is 10.0. The third-order valence-electron chi connectivity index (χ3n) is 5.58. The minimum absolute atomic E-state index is 0.0762. The smallest absolute Gasteiger partial charge is 0.417 e. The molecule has 1 fully saturated rings. The summed E-state index contributed by atoms with van der Waals surface area (Å²) in [7, 11) is 1.57. The van der Waals surface area contributed by atoms with Gasteiger partial charge in [0.25, 0.3) is 5.71 Å². The topological polar surface area (TPSA) is 68.5 Å². The van der Waals surface area contributed by atoms with Crippen LogP contribution in [0.5, 0.6) is 5.75 Å². The first-order valence-electron chi connectivity index (χ1n) is 10.0. The van der Waals surface area contributed by atoms with Crippen LogP contribution in [0.2, 0.25) is 0 Å². The molecule has 2 aromatic heterocycles. The number of pyridine rings is 1. The van der Waals surface area contributed by atoms with Gasteiger partial charge in [-0.05, 0) is 43.5 Å². The average molecular weight is 433 g/mol. The minimum Gasteiger partial charge on any atom is -0.497 e. The highest BCUT2D eigenvalue weighted by Crippen LogP contribution is 2.40. The quantitative estimate of drug-likeness (QED) is 0.606. The maximum atomic E-state index is 13.7. The molecule has 31 heavy (non-hydrogen) atoms. The second-order valence-electron chi connectivity index (χ2n) is 7.76. The minimum atomic E-state index is -4.55. The molecule has 9 heteroatoms. The highest BCUT2D eigenvalue weighted by atomic mass is 19.4. The molecular weight excluding hydrogens is 411 g/mol. The number of methoxy groups -OCH3 is 1. The van der Waals surface area contributed by atoms with Crippen LogP contribution in [0.4, 0.5) is 13.2 Å². The van der Waals surface area contributed by atoms with Crippen LogP contribution in [0.1, 0.15) is 41.3 Å². The van der Waals surface area contributed by atoms with E-state index >= 15 is 0 Å². The fourth-order valence-electron chi connectivity index (χ4n) is 4.06. The Morgan fingerprint density at radius 1 is 1.29 bits per heavy atom. The van der Waals surface area contributed by atoms with E-state index in [-0.39, 0.29) is 40.7 Å². The predicted molar refractivity (Wildman–Crippen MR) is 107 cm³/mol. The van der Waals surface area contributed by atoms with E-state index < -0.39 is 11.7 Å². The van der Waals surface area contributed by atoms with E-state index in [4.69, 9.17) is 9.26 Å². The number of likely N-dealkylation sites (tertiary alicyclic amines) is 1. The van der Waals surface area contributed by atoms with Crippen molar-refractivity contribution in [2.75, 3.05) is 20.2 Å². The number of benzene rings is 1. The number of carbonyl (C=O) groups is 1. The Morgan fingerprint density at radius 3 is 2.71 bits per heavy atom. The molecule has 6 nitrogen and oxygen atoms in total. The fraction of sp³-hybridized carbons (Fsp3) is 0.409. The van der Waals surface area contributed by atoms with Crippen LogP contribution >= 0.6 is 0 Å². The third-order valence-corrected chi connectivity index (χ3v) is 5.58. The Bertz CT molecular complexity index is 1090. The lowest BCUT2D eigenvalue weighted by atomic mass is 9.91. The average Bonchev–Trinajstić information content (AvgIpc) is 3.16. The van der Waals surface area contributed by atoms with Gasteiger partial charge in [-0.2, -0.15) is 13.2 Å². The van der Waals surface area contributed by atoms with E-state index in [2.05, 4.69) is 10.1 Å². The van der Waals surface area contributed by atoms with Crippen LogP contribution in [0.3, 0.4) is 0 Å². The van der Waals surface area contributed by atoms with Gasteiger partial charge in [-0.25, -0.2) is 4.98 Å². The van der Waals surface area contributed by atoms with Crippen LogP contribution in [0.15, 0.2) is 34.9 Å². The van der Waals surface area contributed by atoms with Crippen LogP contribution in [-0.4, -0.2) is 41.1 Å². The molecule has 4 rings (SSSR count). The number of rotatable bonds is 4. The van der Waals surface area contributed by atoms with Gasteiger partial charge >= 0.3 is 6.18 Å². The second-order valence-corrected chi connectivity index (χ2v) is 7.76. The molecule has 1 aromatic carbocycles. The van der Waals surface area contributed by atoms with E-state index in [0.29, 0.717) is 31.7 Å². The number of carbonyl (C=O) groups excluding carboxylic acids is 1.